The summed E-state index contributed by atoms with van der Waals surface area (Å²) < 4.78 is 47.4. The Morgan fingerprint density at radius 2 is 1.97 bits per heavy atom. The molecule has 4 aromatic rings. The average Bonchev–Trinajstić information content (AvgIpc) is 3.32. The minimum atomic E-state index is -1.01. The van der Waals surface area contributed by atoms with Crippen molar-refractivity contribution in [3.8, 4) is 17.3 Å². The maximum Gasteiger partial charge on any atom is 0.437 e. The van der Waals surface area contributed by atoms with Crippen molar-refractivity contribution >= 4 is 11.7 Å². The number of aromatic nitrogens is 5. The molecule has 0 radical (unpaired) electrons. The summed E-state index contributed by atoms with van der Waals surface area (Å²) >= 11 is 0. The number of nitrogens with one attached hydrogen (secondary N) is 1. The molecule has 158 valence electrons. The van der Waals surface area contributed by atoms with E-state index < -0.39 is 30.0 Å². The van der Waals surface area contributed by atoms with E-state index in [0.717, 1.165) is 16.8 Å². The topological polar surface area (TPSA) is 108 Å². The first-order chi connectivity index (χ1) is 14.9. The molecule has 1 N–H and O–H groups in total. The average molecular weight is 430 g/mol. The van der Waals surface area contributed by atoms with Gasteiger partial charge in [-0.15, -0.1) is 5.10 Å². The quantitative estimate of drug-likeness (QED) is 0.522. The number of alkyl halides is 1. The second-order valence-corrected chi connectivity index (χ2v) is 6.34. The highest BCUT2D eigenvalue weighted by molar-refractivity contribution is 6.03. The van der Waals surface area contributed by atoms with Gasteiger partial charge in [-0.25, -0.2) is 27.6 Å². The molecule has 3 aromatic heterocycles. The molecule has 0 unspecified atom stereocenters. The Morgan fingerprint density at radius 3 is 2.58 bits per heavy atom. The lowest BCUT2D eigenvalue weighted by molar-refractivity contribution is 0.102. The van der Waals surface area contributed by atoms with Gasteiger partial charge in [0.25, 0.3) is 11.8 Å². The van der Waals surface area contributed by atoms with Crippen LogP contribution >= 0.6 is 0 Å². The summed E-state index contributed by atoms with van der Waals surface area (Å²) in [5.74, 6) is -3.29. The van der Waals surface area contributed by atoms with Crippen LogP contribution < -0.4 is 11.1 Å². The molecule has 9 nitrogen and oxygen atoms in total. The number of nitrogens with zero attached hydrogens (tertiary/aromatic N) is 5. The van der Waals surface area contributed by atoms with Crippen molar-refractivity contribution in [2.45, 2.75) is 6.67 Å². The first-order valence-corrected chi connectivity index (χ1v) is 8.78. The van der Waals surface area contributed by atoms with E-state index in [4.69, 9.17) is 4.42 Å². The zero-order chi connectivity index (χ0) is 22.1. The predicted molar refractivity (Wildman–Crippen MR) is 101 cm³/mol. The Morgan fingerprint density at radius 1 is 1.16 bits per heavy atom. The molecule has 0 saturated heterocycles. The van der Waals surface area contributed by atoms with Gasteiger partial charge in [-0.2, -0.15) is 9.78 Å². The number of amides is 1. The summed E-state index contributed by atoms with van der Waals surface area (Å²) in [7, 11) is 1.40. The summed E-state index contributed by atoms with van der Waals surface area (Å²) in [4.78, 5) is 27.7. The molecule has 31 heavy (non-hydrogen) atoms. The van der Waals surface area contributed by atoms with Crippen molar-refractivity contribution in [1.29, 1.82) is 0 Å². The fraction of sp³-hybridized carbons (Fsp3) is 0.105. The molecule has 0 atom stereocenters. The van der Waals surface area contributed by atoms with Gasteiger partial charge in [0.05, 0.1) is 23.1 Å². The molecule has 0 aliphatic heterocycles. The minimum Gasteiger partial charge on any atom is -0.386 e. The molecule has 1 aromatic carbocycles. The van der Waals surface area contributed by atoms with E-state index in [1.807, 2.05) is 0 Å². The van der Waals surface area contributed by atoms with Crippen LogP contribution in [0.5, 0.6) is 0 Å². The van der Waals surface area contributed by atoms with E-state index >= 15 is 0 Å². The number of benzene rings is 1. The molecule has 0 saturated carbocycles. The van der Waals surface area contributed by atoms with Gasteiger partial charge < -0.3 is 9.73 Å². The van der Waals surface area contributed by atoms with E-state index in [1.165, 1.54) is 36.1 Å². The summed E-state index contributed by atoms with van der Waals surface area (Å²) in [6, 6.07) is 6.85. The largest absolute Gasteiger partial charge is 0.437 e. The molecule has 0 aliphatic rings. The van der Waals surface area contributed by atoms with Crippen LogP contribution in [0.25, 0.3) is 17.3 Å². The lowest BCUT2D eigenvalue weighted by Gasteiger charge is -2.08. The van der Waals surface area contributed by atoms with Crippen LogP contribution in [0, 0.1) is 11.6 Å². The maximum absolute atomic E-state index is 13.7. The van der Waals surface area contributed by atoms with Crippen LogP contribution in [0.4, 0.5) is 19.0 Å². The third kappa shape index (κ3) is 3.95. The smallest absolute Gasteiger partial charge is 0.386 e. The van der Waals surface area contributed by atoms with E-state index in [1.54, 1.807) is 0 Å². The molecule has 4 rings (SSSR count). The normalized spacial score (nSPS) is 11.0. The van der Waals surface area contributed by atoms with Crippen molar-refractivity contribution in [3.63, 3.8) is 0 Å². The summed E-state index contributed by atoms with van der Waals surface area (Å²) in [6.45, 7) is -0.869. The fourth-order valence-corrected chi connectivity index (χ4v) is 2.74. The predicted octanol–water partition coefficient (Wildman–Crippen LogP) is 2.62. The van der Waals surface area contributed by atoms with Gasteiger partial charge in [-0.05, 0) is 30.3 Å². The van der Waals surface area contributed by atoms with Crippen LogP contribution in [0.1, 0.15) is 16.1 Å². The van der Waals surface area contributed by atoms with E-state index in [-0.39, 0.29) is 28.7 Å². The maximum atomic E-state index is 13.7. The number of carbonyl (C=O) groups is 1. The van der Waals surface area contributed by atoms with Crippen molar-refractivity contribution in [2.24, 2.45) is 7.05 Å². The summed E-state index contributed by atoms with van der Waals surface area (Å²) in [5, 5.41) is 10.4. The monoisotopic (exact) mass is 430 g/mol. The Labute approximate surface area is 171 Å². The van der Waals surface area contributed by atoms with E-state index in [2.05, 4.69) is 20.5 Å². The highest BCUT2D eigenvalue weighted by atomic mass is 19.1. The molecule has 0 aliphatic carbocycles. The number of aryl methyl sites for hydroxylation is 1. The zero-order valence-electron chi connectivity index (χ0n) is 15.8. The molecule has 3 heterocycles. The molecule has 0 fully saturated rings. The summed E-state index contributed by atoms with van der Waals surface area (Å²) in [6.07, 6.45) is 1.31. The van der Waals surface area contributed by atoms with Gasteiger partial charge in [0.15, 0.2) is 5.69 Å². The van der Waals surface area contributed by atoms with Crippen LogP contribution in [0.2, 0.25) is 0 Å². The highest BCUT2D eigenvalue weighted by Crippen LogP contribution is 2.21. The fourth-order valence-electron chi connectivity index (χ4n) is 2.74. The number of rotatable bonds is 5. The number of anilines is 1. The van der Waals surface area contributed by atoms with E-state index in [9.17, 15) is 22.8 Å². The van der Waals surface area contributed by atoms with Crippen molar-refractivity contribution in [1.82, 2.24) is 24.5 Å². The molecule has 0 bridgehead atoms. The minimum absolute atomic E-state index is 0.0703. The van der Waals surface area contributed by atoms with Gasteiger partial charge in [0.2, 0.25) is 0 Å². The van der Waals surface area contributed by atoms with Gasteiger partial charge in [0, 0.05) is 13.1 Å². The zero-order valence-corrected chi connectivity index (χ0v) is 15.8. The van der Waals surface area contributed by atoms with E-state index in [0.29, 0.717) is 11.8 Å². The van der Waals surface area contributed by atoms with Gasteiger partial charge in [0.1, 0.15) is 24.1 Å². The number of hydrogen-bond donors (Lipinski definition) is 1. The third-order valence-corrected chi connectivity index (χ3v) is 4.24. The van der Waals surface area contributed by atoms with Crippen molar-refractivity contribution < 1.29 is 22.4 Å². The molecule has 0 spiro atoms. The number of pyridine rings is 1. The standard InChI is InChI=1S/C19H13F3N6O3/c1-27-19(30)31-18(26-27)15-7-12(8-20)28(25-15)11-3-5-16(23-9-11)24-17(29)13-4-2-10(21)6-14(13)22/h2-7,9H,8H2,1H3,(H,23,24,29). The Hall–Kier alpha value is -4.22. The number of hydrogen-bond acceptors (Lipinski definition) is 6. The van der Waals surface area contributed by atoms with Crippen LogP contribution in [0.15, 0.2) is 51.8 Å². The van der Waals surface area contributed by atoms with Crippen LogP contribution in [0.3, 0.4) is 0 Å². The molecular weight excluding hydrogens is 417 g/mol. The van der Waals surface area contributed by atoms with Crippen molar-refractivity contribution in [3.05, 3.63) is 76.0 Å². The van der Waals surface area contributed by atoms with Gasteiger partial charge in [-0.1, -0.05) is 0 Å². The third-order valence-electron chi connectivity index (χ3n) is 4.24. The first-order valence-electron chi connectivity index (χ1n) is 8.78. The SMILES string of the molecule is Cn1nc(-c2cc(CF)n(-c3ccc(NC(=O)c4ccc(F)cc4F)nc3)n2)oc1=O. The molecule has 12 heteroatoms. The number of halogens is 3. The van der Waals surface area contributed by atoms with Crippen molar-refractivity contribution in [2.75, 3.05) is 5.32 Å². The first kappa shape index (κ1) is 20.1. The molecule has 1 amide bonds. The molecular formula is C19H13F3N6O3. The Bertz CT molecular complexity index is 1330. The number of carbonyl (C=O) groups excluding carboxylic acids is 1. The lowest BCUT2D eigenvalue weighted by atomic mass is 10.2. The van der Waals surface area contributed by atoms with Gasteiger partial charge in [-0.3, -0.25) is 4.79 Å². The lowest BCUT2D eigenvalue weighted by Crippen LogP contribution is -2.15. The van der Waals surface area contributed by atoms with Crippen LogP contribution in [-0.2, 0) is 13.7 Å². The second kappa shape index (κ2) is 7.89. The second-order valence-electron chi connectivity index (χ2n) is 6.34. The summed E-state index contributed by atoms with van der Waals surface area (Å²) in [5.41, 5.74) is 0.300. The van der Waals surface area contributed by atoms with Crippen LogP contribution in [-0.4, -0.2) is 30.5 Å². The van der Waals surface area contributed by atoms with Gasteiger partial charge >= 0.3 is 5.76 Å². The highest BCUT2D eigenvalue weighted by Gasteiger charge is 2.17. The Kier molecular flexibility index (Phi) is 5.11. The Balaban J connectivity index is 1.58.